The SMILES string of the molecule is CC(C)CCNc1nc(C(=O)OCc2ccc(C(N)=O)cc2)cs1. The number of hydrogen-bond acceptors (Lipinski definition) is 6. The highest BCUT2D eigenvalue weighted by Crippen LogP contribution is 2.17. The van der Waals surface area contributed by atoms with E-state index in [2.05, 4.69) is 24.1 Å². The first-order valence-electron chi connectivity index (χ1n) is 7.71. The van der Waals surface area contributed by atoms with Gasteiger partial charge in [0.05, 0.1) is 0 Å². The summed E-state index contributed by atoms with van der Waals surface area (Å²) in [6.07, 6.45) is 1.04. The van der Waals surface area contributed by atoms with Gasteiger partial charge >= 0.3 is 5.97 Å². The van der Waals surface area contributed by atoms with Crippen LogP contribution in [0.3, 0.4) is 0 Å². The van der Waals surface area contributed by atoms with Gasteiger partial charge in [-0.3, -0.25) is 4.79 Å². The number of nitrogens with zero attached hydrogens (tertiary/aromatic N) is 1. The van der Waals surface area contributed by atoms with Crippen molar-refractivity contribution in [2.24, 2.45) is 11.7 Å². The van der Waals surface area contributed by atoms with Gasteiger partial charge in [0.1, 0.15) is 6.61 Å². The number of esters is 1. The van der Waals surface area contributed by atoms with Gasteiger partial charge in [0.25, 0.3) is 0 Å². The normalized spacial score (nSPS) is 10.6. The highest BCUT2D eigenvalue weighted by Gasteiger charge is 2.12. The molecule has 2 rings (SSSR count). The van der Waals surface area contributed by atoms with E-state index in [0.29, 0.717) is 22.3 Å². The fourth-order valence-electron chi connectivity index (χ4n) is 1.90. The average molecular weight is 347 g/mol. The maximum absolute atomic E-state index is 12.0. The second-order valence-electron chi connectivity index (χ2n) is 5.78. The number of rotatable bonds is 8. The predicted octanol–water partition coefficient (Wildman–Crippen LogP) is 3.06. The van der Waals surface area contributed by atoms with Crippen LogP contribution < -0.4 is 11.1 Å². The van der Waals surface area contributed by atoms with Crippen LogP contribution in [0.5, 0.6) is 0 Å². The highest BCUT2D eigenvalue weighted by molar-refractivity contribution is 7.13. The largest absolute Gasteiger partial charge is 0.456 e. The molecule has 0 bridgehead atoms. The third-order valence-corrected chi connectivity index (χ3v) is 4.12. The van der Waals surface area contributed by atoms with Crippen LogP contribution in [-0.2, 0) is 11.3 Å². The first-order chi connectivity index (χ1) is 11.5. The summed E-state index contributed by atoms with van der Waals surface area (Å²) in [6, 6.07) is 6.61. The third kappa shape index (κ3) is 5.34. The highest BCUT2D eigenvalue weighted by atomic mass is 32.1. The zero-order chi connectivity index (χ0) is 17.5. The van der Waals surface area contributed by atoms with Crippen LogP contribution in [-0.4, -0.2) is 23.4 Å². The summed E-state index contributed by atoms with van der Waals surface area (Å²) in [7, 11) is 0. The summed E-state index contributed by atoms with van der Waals surface area (Å²) in [6.45, 7) is 5.25. The number of carbonyl (C=O) groups excluding carboxylic acids is 2. The number of anilines is 1. The number of benzene rings is 1. The lowest BCUT2D eigenvalue weighted by Gasteiger charge is -2.05. The lowest BCUT2D eigenvalue weighted by molar-refractivity contribution is 0.0466. The number of nitrogens with one attached hydrogen (secondary N) is 1. The molecule has 7 heteroatoms. The van der Waals surface area contributed by atoms with Crippen molar-refractivity contribution in [3.8, 4) is 0 Å². The minimum atomic E-state index is -0.487. The van der Waals surface area contributed by atoms with Crippen LogP contribution in [0.1, 0.15) is 46.7 Å². The smallest absolute Gasteiger partial charge is 0.358 e. The number of primary amides is 1. The molecule has 0 fully saturated rings. The topological polar surface area (TPSA) is 94.3 Å². The van der Waals surface area contributed by atoms with Crippen molar-refractivity contribution in [3.05, 3.63) is 46.5 Å². The van der Waals surface area contributed by atoms with Crippen LogP contribution in [0.4, 0.5) is 5.13 Å². The van der Waals surface area contributed by atoms with Crippen molar-refractivity contribution in [2.75, 3.05) is 11.9 Å². The number of aromatic nitrogens is 1. The fraction of sp³-hybridized carbons (Fsp3) is 0.353. The summed E-state index contributed by atoms with van der Waals surface area (Å²) >= 11 is 1.38. The van der Waals surface area contributed by atoms with Crippen molar-refractivity contribution in [1.29, 1.82) is 0 Å². The third-order valence-electron chi connectivity index (χ3n) is 3.32. The van der Waals surface area contributed by atoms with Gasteiger partial charge in [0.15, 0.2) is 10.8 Å². The molecular weight excluding hydrogens is 326 g/mol. The van der Waals surface area contributed by atoms with E-state index in [1.807, 2.05) is 0 Å². The van der Waals surface area contributed by atoms with Crippen LogP contribution >= 0.6 is 11.3 Å². The molecule has 1 aromatic heterocycles. The number of nitrogens with two attached hydrogens (primary N) is 1. The summed E-state index contributed by atoms with van der Waals surface area (Å²) < 4.78 is 5.23. The quantitative estimate of drug-likeness (QED) is 0.716. The van der Waals surface area contributed by atoms with E-state index >= 15 is 0 Å². The molecule has 1 amide bonds. The Morgan fingerprint density at radius 1 is 1.29 bits per heavy atom. The molecule has 3 N–H and O–H groups in total. The molecule has 128 valence electrons. The van der Waals surface area contributed by atoms with Gasteiger partial charge in [-0.2, -0.15) is 0 Å². The van der Waals surface area contributed by atoms with E-state index in [1.165, 1.54) is 11.3 Å². The Morgan fingerprint density at radius 2 is 2.00 bits per heavy atom. The molecule has 0 aliphatic rings. The molecule has 2 aromatic rings. The van der Waals surface area contributed by atoms with E-state index < -0.39 is 11.9 Å². The lowest BCUT2D eigenvalue weighted by atomic mass is 10.1. The monoisotopic (exact) mass is 347 g/mol. The maximum atomic E-state index is 12.0. The van der Waals surface area contributed by atoms with Crippen molar-refractivity contribution in [3.63, 3.8) is 0 Å². The van der Waals surface area contributed by atoms with E-state index in [0.717, 1.165) is 18.5 Å². The molecular formula is C17H21N3O3S. The first kappa shape index (κ1) is 17.9. The van der Waals surface area contributed by atoms with E-state index in [-0.39, 0.29) is 6.61 Å². The van der Waals surface area contributed by atoms with Crippen molar-refractivity contribution in [1.82, 2.24) is 4.98 Å². The fourth-order valence-corrected chi connectivity index (χ4v) is 2.61. The maximum Gasteiger partial charge on any atom is 0.358 e. The Morgan fingerprint density at radius 3 is 2.62 bits per heavy atom. The molecule has 0 unspecified atom stereocenters. The Hall–Kier alpha value is -2.41. The number of carbonyl (C=O) groups is 2. The van der Waals surface area contributed by atoms with Gasteiger partial charge in [-0.1, -0.05) is 26.0 Å². The number of amides is 1. The van der Waals surface area contributed by atoms with Crippen LogP contribution in [0, 0.1) is 5.92 Å². The molecule has 24 heavy (non-hydrogen) atoms. The van der Waals surface area contributed by atoms with Crippen LogP contribution in [0.2, 0.25) is 0 Å². The molecule has 0 spiro atoms. The van der Waals surface area contributed by atoms with Gasteiger partial charge in [-0.05, 0) is 30.0 Å². The van der Waals surface area contributed by atoms with Gasteiger partial charge in [-0.15, -0.1) is 11.3 Å². The molecule has 0 saturated carbocycles. The van der Waals surface area contributed by atoms with Crippen LogP contribution in [0.25, 0.3) is 0 Å². The van der Waals surface area contributed by atoms with Crippen molar-refractivity contribution in [2.45, 2.75) is 26.9 Å². The molecule has 6 nitrogen and oxygen atoms in total. The average Bonchev–Trinajstić information content (AvgIpc) is 3.01. The molecule has 0 aliphatic heterocycles. The first-order valence-corrected chi connectivity index (χ1v) is 8.59. The minimum Gasteiger partial charge on any atom is -0.456 e. The van der Waals surface area contributed by atoms with Crippen molar-refractivity contribution < 1.29 is 14.3 Å². The molecule has 1 aromatic carbocycles. The van der Waals surface area contributed by atoms with E-state index in [9.17, 15) is 9.59 Å². The molecule has 0 atom stereocenters. The molecule has 0 saturated heterocycles. The van der Waals surface area contributed by atoms with Crippen LogP contribution in [0.15, 0.2) is 29.6 Å². The number of hydrogen-bond donors (Lipinski definition) is 2. The minimum absolute atomic E-state index is 0.117. The van der Waals surface area contributed by atoms with Crippen molar-refractivity contribution >= 4 is 28.3 Å². The van der Waals surface area contributed by atoms with Gasteiger partial charge in [0.2, 0.25) is 5.91 Å². The standard InChI is InChI=1S/C17H21N3O3S/c1-11(2)7-8-19-17-20-14(10-24-17)16(22)23-9-12-3-5-13(6-4-12)15(18)21/h3-6,10-11H,7-9H2,1-2H3,(H2,18,21)(H,19,20). The Kier molecular flexibility index (Phi) is 6.31. The predicted molar refractivity (Wildman–Crippen MR) is 94.1 cm³/mol. The summed E-state index contributed by atoms with van der Waals surface area (Å²) in [5.74, 6) is -0.344. The lowest BCUT2D eigenvalue weighted by Crippen LogP contribution is -2.11. The zero-order valence-corrected chi connectivity index (χ0v) is 14.6. The molecule has 0 radical (unpaired) electrons. The van der Waals surface area contributed by atoms with Gasteiger partial charge in [-0.25, -0.2) is 9.78 Å². The number of ether oxygens (including phenoxy) is 1. The van der Waals surface area contributed by atoms with Gasteiger partial charge < -0.3 is 15.8 Å². The zero-order valence-electron chi connectivity index (χ0n) is 13.7. The molecule has 1 heterocycles. The Bertz CT molecular complexity index is 695. The van der Waals surface area contributed by atoms with E-state index in [4.69, 9.17) is 10.5 Å². The van der Waals surface area contributed by atoms with Gasteiger partial charge in [0, 0.05) is 17.5 Å². The summed E-state index contributed by atoms with van der Waals surface area (Å²) in [5, 5.41) is 5.59. The molecule has 0 aliphatic carbocycles. The number of thiazole rings is 1. The second-order valence-corrected chi connectivity index (χ2v) is 6.64. The summed E-state index contributed by atoms with van der Waals surface area (Å²) in [4.78, 5) is 27.2. The Labute approximate surface area is 145 Å². The Balaban J connectivity index is 1.84. The van der Waals surface area contributed by atoms with E-state index in [1.54, 1.807) is 29.6 Å². The second kappa shape index (κ2) is 8.44. The summed E-state index contributed by atoms with van der Waals surface area (Å²) in [5.41, 5.74) is 6.67.